The second-order valence-corrected chi connectivity index (χ2v) is 4.77. The summed E-state index contributed by atoms with van der Waals surface area (Å²) in [6.45, 7) is 4.34. The maximum atomic E-state index is 12.0. The first-order valence-corrected chi connectivity index (χ1v) is 6.33. The van der Waals surface area contributed by atoms with Gasteiger partial charge >= 0.3 is 0 Å². The fraction of sp³-hybridized carbons (Fsp3) is 0.357. The molecule has 5 heteroatoms. The number of hydrogen-bond acceptors (Lipinski definition) is 3. The van der Waals surface area contributed by atoms with Crippen molar-refractivity contribution in [3.63, 3.8) is 0 Å². The Morgan fingerprint density at radius 3 is 2.58 bits per heavy atom. The van der Waals surface area contributed by atoms with Gasteiger partial charge in [-0.2, -0.15) is 0 Å². The van der Waals surface area contributed by atoms with Crippen LogP contribution in [0.1, 0.15) is 6.42 Å². The van der Waals surface area contributed by atoms with Gasteiger partial charge in [0.2, 0.25) is 5.91 Å². The molecule has 1 aromatic carbocycles. The van der Waals surface area contributed by atoms with Crippen LogP contribution in [-0.2, 0) is 4.79 Å². The zero-order valence-corrected chi connectivity index (χ0v) is 11.7. The first kappa shape index (κ1) is 13.7. The van der Waals surface area contributed by atoms with Crippen LogP contribution in [0.3, 0.4) is 0 Å². The molecule has 1 fully saturated rings. The van der Waals surface area contributed by atoms with E-state index in [4.69, 9.17) is 21.1 Å². The van der Waals surface area contributed by atoms with E-state index in [9.17, 15) is 4.79 Å². The van der Waals surface area contributed by atoms with Crippen LogP contribution in [0.4, 0.5) is 5.69 Å². The lowest BCUT2D eigenvalue weighted by Crippen LogP contribution is -2.24. The molecule has 2 rings (SSSR count). The Hall–Kier alpha value is -1.68. The minimum Gasteiger partial charge on any atom is -0.495 e. The van der Waals surface area contributed by atoms with Gasteiger partial charge in [0, 0.05) is 24.9 Å². The van der Waals surface area contributed by atoms with E-state index in [0.717, 1.165) is 0 Å². The predicted molar refractivity (Wildman–Crippen MR) is 75.2 cm³/mol. The van der Waals surface area contributed by atoms with Crippen LogP contribution < -0.4 is 14.4 Å². The van der Waals surface area contributed by atoms with E-state index >= 15 is 0 Å². The first-order chi connectivity index (χ1) is 9.10. The van der Waals surface area contributed by atoms with Gasteiger partial charge in [-0.3, -0.25) is 4.79 Å². The van der Waals surface area contributed by atoms with Crippen molar-refractivity contribution in [1.82, 2.24) is 0 Å². The van der Waals surface area contributed by atoms with Crippen LogP contribution in [0, 0.1) is 5.92 Å². The fourth-order valence-corrected chi connectivity index (χ4v) is 2.42. The molecule has 0 aliphatic carbocycles. The summed E-state index contributed by atoms with van der Waals surface area (Å²) in [4.78, 5) is 13.7. The molecule has 1 aliphatic rings. The lowest BCUT2D eigenvalue weighted by molar-refractivity contribution is -0.117. The van der Waals surface area contributed by atoms with Gasteiger partial charge in [0.25, 0.3) is 0 Å². The molecule has 4 nitrogen and oxygen atoms in total. The van der Waals surface area contributed by atoms with Crippen molar-refractivity contribution in [2.75, 3.05) is 25.7 Å². The van der Waals surface area contributed by atoms with E-state index in [-0.39, 0.29) is 11.8 Å². The number of nitrogens with zero attached hydrogens (tertiary/aromatic N) is 1. The topological polar surface area (TPSA) is 38.8 Å². The molecule has 0 N–H and O–H groups in total. The number of anilines is 1. The predicted octanol–water partition coefficient (Wildman–Crippen LogP) is 2.90. The summed E-state index contributed by atoms with van der Waals surface area (Å²) in [7, 11) is 3.09. The molecule has 1 saturated heterocycles. The summed E-state index contributed by atoms with van der Waals surface area (Å²) in [5.41, 5.74) is 0.669. The van der Waals surface area contributed by atoms with Crippen molar-refractivity contribution >= 4 is 23.2 Å². The molecular formula is C14H16ClNO3. The highest BCUT2D eigenvalue weighted by Crippen LogP contribution is 2.40. The molecule has 1 amide bonds. The highest BCUT2D eigenvalue weighted by atomic mass is 35.5. The largest absolute Gasteiger partial charge is 0.495 e. The van der Waals surface area contributed by atoms with Gasteiger partial charge in [-0.05, 0) is 6.07 Å². The smallest absolute Gasteiger partial charge is 0.227 e. The molecule has 0 radical (unpaired) electrons. The van der Waals surface area contributed by atoms with Gasteiger partial charge in [0.15, 0.2) is 0 Å². The summed E-state index contributed by atoms with van der Waals surface area (Å²) in [5, 5.41) is 0.452. The Labute approximate surface area is 117 Å². The van der Waals surface area contributed by atoms with Gasteiger partial charge in [-0.25, -0.2) is 0 Å². The van der Waals surface area contributed by atoms with Crippen LogP contribution in [0.2, 0.25) is 5.02 Å². The lowest BCUT2D eigenvalue weighted by atomic mass is 10.1. The Bertz CT molecular complexity index is 516. The fourth-order valence-electron chi connectivity index (χ4n) is 2.18. The Morgan fingerprint density at radius 1 is 1.37 bits per heavy atom. The molecule has 1 atom stereocenters. The Balaban J connectivity index is 2.41. The van der Waals surface area contributed by atoms with E-state index in [1.165, 1.54) is 7.11 Å². The summed E-state index contributed by atoms with van der Waals surface area (Å²) in [5.74, 6) is 1.30. The number of carbonyl (C=O) groups is 1. The summed E-state index contributed by atoms with van der Waals surface area (Å²) in [6.07, 6.45) is 2.27. The number of hydrogen-bond donors (Lipinski definition) is 0. The van der Waals surface area contributed by atoms with E-state index in [0.29, 0.717) is 35.2 Å². The number of carbonyl (C=O) groups excluding carboxylic acids is 1. The second-order valence-electron chi connectivity index (χ2n) is 4.36. The normalized spacial score (nSPS) is 18.6. The third kappa shape index (κ3) is 2.54. The monoisotopic (exact) mass is 281 g/mol. The molecule has 19 heavy (non-hydrogen) atoms. The molecule has 1 heterocycles. The number of benzene rings is 1. The van der Waals surface area contributed by atoms with Crippen molar-refractivity contribution in [3.8, 4) is 11.5 Å². The van der Waals surface area contributed by atoms with Gasteiger partial charge < -0.3 is 14.4 Å². The van der Waals surface area contributed by atoms with Crippen LogP contribution in [0.5, 0.6) is 11.5 Å². The number of halogens is 1. The minimum absolute atomic E-state index is 0.0458. The molecule has 102 valence electrons. The average molecular weight is 282 g/mol. The van der Waals surface area contributed by atoms with Gasteiger partial charge in [-0.1, -0.05) is 17.7 Å². The zero-order valence-electron chi connectivity index (χ0n) is 11.0. The van der Waals surface area contributed by atoms with Crippen molar-refractivity contribution in [2.24, 2.45) is 5.92 Å². The highest BCUT2D eigenvalue weighted by molar-refractivity contribution is 6.32. The van der Waals surface area contributed by atoms with E-state index < -0.39 is 0 Å². The van der Waals surface area contributed by atoms with E-state index in [2.05, 4.69) is 6.58 Å². The molecule has 1 unspecified atom stereocenters. The number of amides is 1. The average Bonchev–Trinajstić information content (AvgIpc) is 2.79. The molecule has 0 aromatic heterocycles. The lowest BCUT2D eigenvalue weighted by Gasteiger charge is -2.20. The van der Waals surface area contributed by atoms with Crippen molar-refractivity contribution < 1.29 is 14.3 Å². The SMILES string of the molecule is C=CC1CC(=O)N(c2cc(Cl)c(OC)cc2OC)C1. The van der Waals surface area contributed by atoms with Crippen LogP contribution in [0.25, 0.3) is 0 Å². The molecule has 1 aromatic rings. The number of ether oxygens (including phenoxy) is 2. The summed E-state index contributed by atoms with van der Waals surface area (Å²) < 4.78 is 10.5. The maximum absolute atomic E-state index is 12.0. The standard InChI is InChI=1S/C14H16ClNO3/c1-4-9-5-14(17)16(8-9)11-6-10(15)12(18-2)7-13(11)19-3/h4,6-7,9H,1,5,8H2,2-3H3. The van der Waals surface area contributed by atoms with E-state index in [1.54, 1.807) is 30.2 Å². The minimum atomic E-state index is 0.0458. The zero-order chi connectivity index (χ0) is 14.0. The van der Waals surface area contributed by atoms with Gasteiger partial charge in [0.05, 0.1) is 24.9 Å². The number of rotatable bonds is 4. The summed E-state index contributed by atoms with van der Waals surface area (Å²) >= 11 is 6.12. The Morgan fingerprint density at radius 2 is 2.05 bits per heavy atom. The van der Waals surface area contributed by atoms with Gasteiger partial charge in [0.1, 0.15) is 11.5 Å². The highest BCUT2D eigenvalue weighted by Gasteiger charge is 2.31. The van der Waals surface area contributed by atoms with Crippen LogP contribution in [-0.4, -0.2) is 26.7 Å². The Kier molecular flexibility index (Phi) is 4.00. The first-order valence-electron chi connectivity index (χ1n) is 5.95. The maximum Gasteiger partial charge on any atom is 0.227 e. The second kappa shape index (κ2) is 5.53. The summed E-state index contributed by atoms with van der Waals surface area (Å²) in [6, 6.07) is 3.38. The van der Waals surface area contributed by atoms with Crippen molar-refractivity contribution in [3.05, 3.63) is 29.8 Å². The third-order valence-electron chi connectivity index (χ3n) is 3.23. The van der Waals surface area contributed by atoms with E-state index in [1.807, 2.05) is 0 Å². The molecule has 0 bridgehead atoms. The van der Waals surface area contributed by atoms with Crippen LogP contribution in [0.15, 0.2) is 24.8 Å². The molecule has 0 spiro atoms. The van der Waals surface area contributed by atoms with Gasteiger partial charge in [-0.15, -0.1) is 6.58 Å². The quantitative estimate of drug-likeness (QED) is 0.797. The third-order valence-corrected chi connectivity index (χ3v) is 3.53. The van der Waals surface area contributed by atoms with Crippen molar-refractivity contribution in [2.45, 2.75) is 6.42 Å². The van der Waals surface area contributed by atoms with Crippen LogP contribution >= 0.6 is 11.6 Å². The molecule has 1 aliphatic heterocycles. The molecule has 0 saturated carbocycles. The number of methoxy groups -OCH3 is 2. The van der Waals surface area contributed by atoms with Crippen molar-refractivity contribution in [1.29, 1.82) is 0 Å². The molecular weight excluding hydrogens is 266 g/mol.